The summed E-state index contributed by atoms with van der Waals surface area (Å²) in [5.41, 5.74) is 0.422. The molecule has 0 amide bonds. The minimum atomic E-state index is -3.00. The lowest BCUT2D eigenvalue weighted by atomic mass is 9.95. The summed E-state index contributed by atoms with van der Waals surface area (Å²) in [6.45, 7) is -4.79. The smallest absolute Gasteiger partial charge is 0.338 e. The van der Waals surface area contributed by atoms with Gasteiger partial charge in [-0.2, -0.15) is 0 Å². The van der Waals surface area contributed by atoms with Gasteiger partial charge in [0, 0.05) is 26.0 Å². The highest BCUT2D eigenvalue weighted by Crippen LogP contribution is 2.43. The van der Waals surface area contributed by atoms with Gasteiger partial charge in [0.1, 0.15) is 117 Å². The van der Waals surface area contributed by atoms with Crippen molar-refractivity contribution in [3.63, 3.8) is 0 Å². The predicted octanol–water partition coefficient (Wildman–Crippen LogP) is -4.97. The number of aliphatic hydroxyl groups is 12. The Morgan fingerprint density at radius 1 is 0.500 bits per heavy atom. The summed E-state index contributed by atoms with van der Waals surface area (Å²) in [6.07, 6.45) is -45.6. The molecule has 34 nitrogen and oxygen atoms in total. The standard InChI is InChI=1S/C60H74O34/c1-26(65)81-24-38-50(83-27(2)66)51(89-56-46(76)44(74)41(71)34(20-61)84-56)48(78)58(87-38)90-52-49(88-40(70)18-13-29-11-16-32(68)33(19-29)80-3)37(23-64)86-59(53(52)91-57-47(77)45(75)42(72)35(21-62)85-57)94-60(25-82-39(69)17-12-28-9-14-31(67)15-10-28)54(43(73)36(22-63)93-60)92-55(79)30-7-5-4-6-8-30/h4-19,34-38,41-54,56-59,61-64,67-68,71-78H,20-25H2,1-3H3/b17-12+,18-13+/t34-,35-,36-,37-,38-,41-,42-,43-,44+,45+,46-,47-,48-,49-,50-,51-,52+,53-,54+,56+,57+,58+,59-,60+/m1/s1. The number of rotatable bonds is 25. The molecule has 0 aromatic heterocycles. The van der Waals surface area contributed by atoms with Gasteiger partial charge in [-0.05, 0) is 59.7 Å². The fraction of sp³-hybridized carbons (Fsp3) is 0.550. The highest BCUT2D eigenvalue weighted by molar-refractivity contribution is 5.90. The number of aliphatic hydroxyl groups excluding tert-OH is 12. The quantitative estimate of drug-likeness (QED) is 0.0215. The van der Waals surface area contributed by atoms with Crippen LogP contribution in [0.1, 0.15) is 35.3 Å². The zero-order valence-corrected chi connectivity index (χ0v) is 50.2. The van der Waals surface area contributed by atoms with Crippen LogP contribution in [0.4, 0.5) is 0 Å². The fourth-order valence-corrected chi connectivity index (χ4v) is 10.7. The van der Waals surface area contributed by atoms with Gasteiger partial charge in [-0.1, -0.05) is 36.4 Å². The number of ether oxygens (including phenoxy) is 15. The number of carbonyl (C=O) groups is 5. The molecule has 5 aliphatic rings. The second kappa shape index (κ2) is 32.7. The Balaban J connectivity index is 1.30. The van der Waals surface area contributed by atoms with Crippen LogP contribution in [-0.4, -0.2) is 295 Å². The Kier molecular flexibility index (Phi) is 25.3. The summed E-state index contributed by atoms with van der Waals surface area (Å²) in [4.78, 5) is 67.5. The molecular weight excluding hydrogens is 1260 g/mol. The summed E-state index contributed by atoms with van der Waals surface area (Å²) in [7, 11) is 1.25. The zero-order valence-electron chi connectivity index (χ0n) is 50.2. The van der Waals surface area contributed by atoms with Crippen LogP contribution < -0.4 is 4.74 Å². The molecule has 518 valence electrons. The molecule has 8 rings (SSSR count). The molecule has 34 heteroatoms. The van der Waals surface area contributed by atoms with Gasteiger partial charge in [0.25, 0.3) is 0 Å². The minimum Gasteiger partial charge on any atom is -0.508 e. The van der Waals surface area contributed by atoms with E-state index in [1.807, 2.05) is 0 Å². The van der Waals surface area contributed by atoms with Gasteiger partial charge in [-0.15, -0.1) is 0 Å². The third kappa shape index (κ3) is 17.2. The largest absolute Gasteiger partial charge is 0.508 e. The maximum Gasteiger partial charge on any atom is 0.338 e. The van der Waals surface area contributed by atoms with E-state index in [2.05, 4.69) is 0 Å². The summed E-state index contributed by atoms with van der Waals surface area (Å²) in [5, 5.41) is 154. The minimum absolute atomic E-state index is 0.0359. The number of carbonyl (C=O) groups excluding carboxylic acids is 5. The molecule has 0 unspecified atom stereocenters. The summed E-state index contributed by atoms with van der Waals surface area (Å²) in [5.74, 6) is -9.25. The highest BCUT2D eigenvalue weighted by Gasteiger charge is 2.64. The molecule has 5 aliphatic heterocycles. The van der Waals surface area contributed by atoms with Gasteiger partial charge < -0.3 is 143 Å². The molecule has 5 saturated heterocycles. The number of phenols is 2. The van der Waals surface area contributed by atoms with Crippen LogP contribution in [-0.2, 0) is 85.5 Å². The van der Waals surface area contributed by atoms with Crippen molar-refractivity contribution in [2.24, 2.45) is 0 Å². The van der Waals surface area contributed by atoms with Crippen LogP contribution in [0, 0.1) is 0 Å². The van der Waals surface area contributed by atoms with Gasteiger partial charge in [0.15, 0.2) is 55.0 Å². The van der Waals surface area contributed by atoms with E-state index in [0.29, 0.717) is 5.56 Å². The number of aromatic hydroxyl groups is 2. The SMILES string of the molecule is COc1cc(/C=C/C(=O)O[C@H]2[C@H](O[C@@H]3O[C@H](COC(C)=O)[C@@H](OC(C)=O)[C@H](O[C@@H]4O[C@H](CO)[C@@H](O)[C@H](O)[C@H]4O)[C@H]3O)[C@@H](O[C@@H]3O[C@H](CO)[C@@H](O)[C@H](O)[C@H]3O)[C@@H](O[C@]3(COC(=O)/C=C/c4ccc(O)cc4)O[C@H](CO)[C@@H](O)[C@@H]3OC(=O)c3ccccc3)O[C@@H]2CO)ccc1O. The number of methoxy groups -OCH3 is 1. The average Bonchev–Trinajstić information content (AvgIpc) is 1.38. The van der Waals surface area contributed by atoms with Gasteiger partial charge in [0.05, 0.1) is 39.1 Å². The molecule has 5 heterocycles. The Morgan fingerprint density at radius 3 is 1.62 bits per heavy atom. The molecule has 0 aliphatic carbocycles. The van der Waals surface area contributed by atoms with E-state index in [0.717, 1.165) is 32.1 Å². The van der Waals surface area contributed by atoms with Crippen molar-refractivity contribution in [3.05, 3.63) is 102 Å². The molecular formula is C60H74O34. The number of hydrogen-bond acceptors (Lipinski definition) is 34. The van der Waals surface area contributed by atoms with Crippen molar-refractivity contribution in [2.45, 2.75) is 161 Å². The zero-order chi connectivity index (χ0) is 68.3. The van der Waals surface area contributed by atoms with E-state index in [1.54, 1.807) is 6.07 Å². The number of phenolic OH excluding ortho intramolecular Hbond substituents is 2. The molecule has 5 fully saturated rings. The van der Waals surface area contributed by atoms with E-state index in [1.165, 1.54) is 79.9 Å². The Morgan fingerprint density at radius 2 is 1.03 bits per heavy atom. The van der Waals surface area contributed by atoms with E-state index < -0.39 is 216 Å². The van der Waals surface area contributed by atoms with Gasteiger partial charge in [-0.25, -0.2) is 14.4 Å². The van der Waals surface area contributed by atoms with Crippen molar-refractivity contribution >= 4 is 42.0 Å². The van der Waals surface area contributed by atoms with Crippen LogP contribution in [0.3, 0.4) is 0 Å². The number of hydrogen-bond donors (Lipinski definition) is 14. The Hall–Kier alpha value is -6.95. The average molecular weight is 1340 g/mol. The van der Waals surface area contributed by atoms with Crippen molar-refractivity contribution in [1.29, 1.82) is 0 Å². The monoisotopic (exact) mass is 1340 g/mol. The maximum absolute atomic E-state index is 14.3. The third-order valence-electron chi connectivity index (χ3n) is 15.5. The second-order valence-corrected chi connectivity index (χ2v) is 22.0. The first kappa shape index (κ1) is 72.9. The van der Waals surface area contributed by atoms with Crippen LogP contribution in [0.25, 0.3) is 12.2 Å². The number of esters is 5. The molecule has 0 saturated carbocycles. The molecule has 0 spiro atoms. The second-order valence-electron chi connectivity index (χ2n) is 22.0. The van der Waals surface area contributed by atoms with E-state index in [9.17, 15) is 95.5 Å². The van der Waals surface area contributed by atoms with Crippen LogP contribution >= 0.6 is 0 Å². The van der Waals surface area contributed by atoms with Crippen molar-refractivity contribution in [2.75, 3.05) is 46.8 Å². The predicted molar refractivity (Wildman–Crippen MR) is 304 cm³/mol. The topological polar surface area (TPSA) is 507 Å². The van der Waals surface area contributed by atoms with E-state index in [-0.39, 0.29) is 28.4 Å². The van der Waals surface area contributed by atoms with E-state index >= 15 is 0 Å². The van der Waals surface area contributed by atoms with E-state index in [4.69, 9.17) is 71.1 Å². The Bertz CT molecular complexity index is 3060. The molecule has 94 heavy (non-hydrogen) atoms. The van der Waals surface area contributed by atoms with Crippen LogP contribution in [0.5, 0.6) is 17.2 Å². The first-order valence-electron chi connectivity index (χ1n) is 29.1. The van der Waals surface area contributed by atoms with Crippen LogP contribution in [0.15, 0.2) is 84.9 Å². The van der Waals surface area contributed by atoms with Crippen LogP contribution in [0.2, 0.25) is 0 Å². The van der Waals surface area contributed by atoms with Gasteiger partial charge >= 0.3 is 29.8 Å². The lowest BCUT2D eigenvalue weighted by Crippen LogP contribution is -2.70. The fourth-order valence-electron chi connectivity index (χ4n) is 10.7. The lowest BCUT2D eigenvalue weighted by molar-refractivity contribution is -0.423. The molecule has 0 bridgehead atoms. The summed E-state index contributed by atoms with van der Waals surface area (Å²) >= 11 is 0. The van der Waals surface area contributed by atoms with Gasteiger partial charge in [0.2, 0.25) is 5.79 Å². The highest BCUT2D eigenvalue weighted by atomic mass is 16.8. The van der Waals surface area contributed by atoms with Gasteiger partial charge in [-0.3, -0.25) is 9.59 Å². The Labute approximate surface area is 533 Å². The normalized spacial score (nSPS) is 36.0. The lowest BCUT2D eigenvalue weighted by Gasteiger charge is -2.51. The first-order valence-corrected chi connectivity index (χ1v) is 29.1. The summed E-state index contributed by atoms with van der Waals surface area (Å²) in [6, 6.07) is 16.4. The third-order valence-corrected chi connectivity index (χ3v) is 15.5. The van der Waals surface area contributed by atoms with Crippen molar-refractivity contribution < 1.29 is 167 Å². The maximum atomic E-state index is 14.3. The molecule has 24 atom stereocenters. The van der Waals surface area contributed by atoms with Crippen molar-refractivity contribution in [1.82, 2.24) is 0 Å². The molecule has 3 aromatic rings. The van der Waals surface area contributed by atoms with Crippen molar-refractivity contribution in [3.8, 4) is 17.2 Å². The number of benzene rings is 3. The molecule has 0 radical (unpaired) electrons. The summed E-state index contributed by atoms with van der Waals surface area (Å²) < 4.78 is 89.2. The molecule has 14 N–H and O–H groups in total. The molecule has 3 aromatic carbocycles. The first-order chi connectivity index (χ1) is 44.8.